The molecular weight excluding hydrogens is 250 g/mol. The molecule has 1 aliphatic heterocycles. The van der Waals surface area contributed by atoms with Crippen LogP contribution in [-0.4, -0.2) is 48.1 Å². The summed E-state index contributed by atoms with van der Waals surface area (Å²) in [5.74, 6) is 0.130. The molecule has 1 heterocycles. The van der Waals surface area contributed by atoms with Gasteiger partial charge in [-0.05, 0) is 25.2 Å². The first-order valence-electron chi connectivity index (χ1n) is 5.92. The van der Waals surface area contributed by atoms with Crippen LogP contribution >= 0.6 is 11.6 Å². The molecule has 0 spiro atoms. The van der Waals surface area contributed by atoms with Gasteiger partial charge >= 0.3 is 0 Å². The fourth-order valence-corrected chi connectivity index (χ4v) is 2.35. The van der Waals surface area contributed by atoms with Crippen molar-refractivity contribution in [2.45, 2.75) is 6.04 Å². The van der Waals surface area contributed by atoms with Crippen molar-refractivity contribution in [3.8, 4) is 11.8 Å². The van der Waals surface area contributed by atoms with Crippen LogP contribution in [0.5, 0.6) is 5.75 Å². The van der Waals surface area contributed by atoms with E-state index in [0.29, 0.717) is 10.6 Å². The lowest BCUT2D eigenvalue weighted by Crippen LogP contribution is -2.45. The Balaban J connectivity index is 2.23. The van der Waals surface area contributed by atoms with Gasteiger partial charge in [-0.3, -0.25) is 4.90 Å². The standard InChI is InChI=1S/C13H16ClN3O/c1-16-4-6-17(7-5-16)12(9-15)11-8-10(14)2-3-13(11)18/h2-3,8,12,18H,4-7H2,1H3. The number of halogens is 1. The molecule has 1 atom stereocenters. The summed E-state index contributed by atoms with van der Waals surface area (Å²) in [5, 5.41) is 19.8. The van der Waals surface area contributed by atoms with Gasteiger partial charge in [0.05, 0.1) is 6.07 Å². The van der Waals surface area contributed by atoms with Crippen molar-refractivity contribution in [2.24, 2.45) is 0 Å². The lowest BCUT2D eigenvalue weighted by atomic mass is 10.0. The number of rotatable bonds is 2. The van der Waals surface area contributed by atoms with E-state index in [9.17, 15) is 10.4 Å². The van der Waals surface area contributed by atoms with E-state index in [1.807, 2.05) is 0 Å². The molecule has 0 saturated carbocycles. The van der Waals surface area contributed by atoms with Crippen molar-refractivity contribution in [2.75, 3.05) is 33.2 Å². The third-order valence-electron chi connectivity index (χ3n) is 3.31. The maximum Gasteiger partial charge on any atom is 0.127 e. The second kappa shape index (κ2) is 5.57. The number of phenols is 1. The van der Waals surface area contributed by atoms with E-state index < -0.39 is 6.04 Å². The Morgan fingerprint density at radius 2 is 2.00 bits per heavy atom. The van der Waals surface area contributed by atoms with E-state index in [4.69, 9.17) is 11.6 Å². The number of nitriles is 1. The molecule has 1 aliphatic rings. The average Bonchev–Trinajstić information content (AvgIpc) is 2.37. The molecule has 1 fully saturated rings. The van der Waals surface area contributed by atoms with Crippen LogP contribution in [0.3, 0.4) is 0 Å². The van der Waals surface area contributed by atoms with Crippen molar-refractivity contribution in [3.05, 3.63) is 28.8 Å². The quantitative estimate of drug-likeness (QED) is 0.887. The molecule has 4 nitrogen and oxygen atoms in total. The van der Waals surface area contributed by atoms with Gasteiger partial charge in [0.25, 0.3) is 0 Å². The molecule has 0 aliphatic carbocycles. The average molecular weight is 266 g/mol. The van der Waals surface area contributed by atoms with Crippen LogP contribution in [0.1, 0.15) is 11.6 Å². The highest BCUT2D eigenvalue weighted by Crippen LogP contribution is 2.31. The van der Waals surface area contributed by atoms with Gasteiger partial charge in [0, 0.05) is 36.8 Å². The third-order valence-corrected chi connectivity index (χ3v) is 3.54. The lowest BCUT2D eigenvalue weighted by molar-refractivity contribution is 0.131. The first kappa shape index (κ1) is 13.2. The Morgan fingerprint density at radius 1 is 1.33 bits per heavy atom. The predicted molar refractivity (Wildman–Crippen MR) is 70.5 cm³/mol. The topological polar surface area (TPSA) is 50.5 Å². The summed E-state index contributed by atoms with van der Waals surface area (Å²) in [6, 6.07) is 6.66. The molecule has 1 aromatic carbocycles. The number of nitrogens with zero attached hydrogens (tertiary/aromatic N) is 3. The van der Waals surface area contributed by atoms with Crippen LogP contribution in [-0.2, 0) is 0 Å². The summed E-state index contributed by atoms with van der Waals surface area (Å²) in [5.41, 5.74) is 0.592. The number of piperazine rings is 1. The van der Waals surface area contributed by atoms with Crippen molar-refractivity contribution in [1.29, 1.82) is 5.26 Å². The van der Waals surface area contributed by atoms with Crippen LogP contribution in [0, 0.1) is 11.3 Å². The highest BCUT2D eigenvalue weighted by atomic mass is 35.5. The highest BCUT2D eigenvalue weighted by Gasteiger charge is 2.25. The molecule has 0 radical (unpaired) electrons. The fourth-order valence-electron chi connectivity index (χ4n) is 2.17. The molecule has 0 bridgehead atoms. The Bertz CT molecular complexity index is 464. The van der Waals surface area contributed by atoms with Crippen LogP contribution in [0.15, 0.2) is 18.2 Å². The molecule has 2 rings (SSSR count). The monoisotopic (exact) mass is 265 g/mol. The van der Waals surface area contributed by atoms with Gasteiger partial charge in [0.2, 0.25) is 0 Å². The molecule has 1 saturated heterocycles. The maximum absolute atomic E-state index is 9.87. The molecule has 1 aromatic rings. The first-order chi connectivity index (χ1) is 8.61. The second-order valence-electron chi connectivity index (χ2n) is 4.57. The SMILES string of the molecule is CN1CCN(C(C#N)c2cc(Cl)ccc2O)CC1. The zero-order valence-corrected chi connectivity index (χ0v) is 11.1. The van der Waals surface area contributed by atoms with Crippen LogP contribution < -0.4 is 0 Å². The number of hydrogen-bond donors (Lipinski definition) is 1. The van der Waals surface area contributed by atoms with Crippen LogP contribution in [0.25, 0.3) is 0 Å². The molecule has 96 valence electrons. The number of hydrogen-bond acceptors (Lipinski definition) is 4. The minimum Gasteiger partial charge on any atom is -0.508 e. The predicted octanol–water partition coefficient (Wildman–Crippen LogP) is 1.86. The molecule has 1 N–H and O–H groups in total. The van der Waals surface area contributed by atoms with Gasteiger partial charge in [-0.25, -0.2) is 0 Å². The normalized spacial score (nSPS) is 19.4. The van der Waals surface area contributed by atoms with Gasteiger partial charge in [-0.15, -0.1) is 0 Å². The summed E-state index contributed by atoms with van der Waals surface area (Å²) in [4.78, 5) is 4.30. The maximum atomic E-state index is 9.87. The second-order valence-corrected chi connectivity index (χ2v) is 5.01. The Kier molecular flexibility index (Phi) is 4.07. The minimum absolute atomic E-state index is 0.130. The van der Waals surface area contributed by atoms with E-state index in [2.05, 4.69) is 22.9 Å². The van der Waals surface area contributed by atoms with Crippen molar-refractivity contribution >= 4 is 11.6 Å². The summed E-state index contributed by atoms with van der Waals surface area (Å²) >= 11 is 5.93. The Morgan fingerprint density at radius 3 is 2.61 bits per heavy atom. The summed E-state index contributed by atoms with van der Waals surface area (Å²) in [7, 11) is 2.07. The molecular formula is C13H16ClN3O. The minimum atomic E-state index is -0.433. The fraction of sp³-hybridized carbons (Fsp3) is 0.462. The molecule has 0 aromatic heterocycles. The van der Waals surface area contributed by atoms with E-state index in [-0.39, 0.29) is 5.75 Å². The van der Waals surface area contributed by atoms with Gasteiger partial charge in [0.15, 0.2) is 0 Å². The summed E-state index contributed by atoms with van der Waals surface area (Å²) in [6.45, 7) is 3.50. The summed E-state index contributed by atoms with van der Waals surface area (Å²) < 4.78 is 0. The number of benzene rings is 1. The van der Waals surface area contributed by atoms with Crippen molar-refractivity contribution in [1.82, 2.24) is 9.80 Å². The van der Waals surface area contributed by atoms with Gasteiger partial charge in [-0.1, -0.05) is 11.6 Å². The van der Waals surface area contributed by atoms with E-state index >= 15 is 0 Å². The molecule has 5 heteroatoms. The van der Waals surface area contributed by atoms with Gasteiger partial charge in [0.1, 0.15) is 11.8 Å². The number of likely N-dealkylation sites (N-methyl/N-ethyl adjacent to an activating group) is 1. The van der Waals surface area contributed by atoms with Gasteiger partial charge in [-0.2, -0.15) is 5.26 Å². The van der Waals surface area contributed by atoms with Crippen LogP contribution in [0.2, 0.25) is 5.02 Å². The van der Waals surface area contributed by atoms with Crippen molar-refractivity contribution in [3.63, 3.8) is 0 Å². The third kappa shape index (κ3) is 2.75. The number of phenolic OH excluding ortho intramolecular Hbond substituents is 1. The zero-order chi connectivity index (χ0) is 13.1. The van der Waals surface area contributed by atoms with Gasteiger partial charge < -0.3 is 10.0 Å². The highest BCUT2D eigenvalue weighted by molar-refractivity contribution is 6.30. The number of aromatic hydroxyl groups is 1. The smallest absolute Gasteiger partial charge is 0.127 e. The Labute approximate surface area is 112 Å². The van der Waals surface area contributed by atoms with Crippen LogP contribution in [0.4, 0.5) is 0 Å². The molecule has 18 heavy (non-hydrogen) atoms. The molecule has 1 unspecified atom stereocenters. The van der Waals surface area contributed by atoms with E-state index in [1.54, 1.807) is 12.1 Å². The summed E-state index contributed by atoms with van der Waals surface area (Å²) in [6.07, 6.45) is 0. The van der Waals surface area contributed by atoms with E-state index in [0.717, 1.165) is 26.2 Å². The van der Waals surface area contributed by atoms with Crippen molar-refractivity contribution < 1.29 is 5.11 Å². The molecule has 0 amide bonds. The lowest BCUT2D eigenvalue weighted by Gasteiger charge is -2.35. The zero-order valence-electron chi connectivity index (χ0n) is 10.3. The first-order valence-corrected chi connectivity index (χ1v) is 6.30. The Hall–Kier alpha value is -1.28. The van der Waals surface area contributed by atoms with E-state index in [1.165, 1.54) is 6.07 Å². The largest absolute Gasteiger partial charge is 0.508 e.